The Bertz CT molecular complexity index is 982. The lowest BCUT2D eigenvalue weighted by Gasteiger charge is -2.24. The Labute approximate surface area is 150 Å². The van der Waals surface area contributed by atoms with E-state index in [1.54, 1.807) is 6.92 Å². The second kappa shape index (κ2) is 6.78. The number of carbonyl (C=O) groups excluding carboxylic acids is 1. The maximum absolute atomic E-state index is 12.4. The van der Waals surface area contributed by atoms with Crippen LogP contribution >= 0.6 is 0 Å². The predicted molar refractivity (Wildman–Crippen MR) is 97.5 cm³/mol. The van der Waals surface area contributed by atoms with Crippen molar-refractivity contribution in [3.63, 3.8) is 0 Å². The summed E-state index contributed by atoms with van der Waals surface area (Å²) in [7, 11) is 0. The molecule has 1 saturated carbocycles. The summed E-state index contributed by atoms with van der Waals surface area (Å²) in [5.74, 6) is 0.647. The van der Waals surface area contributed by atoms with E-state index >= 15 is 0 Å². The molecule has 1 fully saturated rings. The van der Waals surface area contributed by atoms with E-state index in [-0.39, 0.29) is 11.5 Å². The molecule has 0 radical (unpaired) electrons. The van der Waals surface area contributed by atoms with Crippen molar-refractivity contribution in [2.24, 2.45) is 0 Å². The largest absolute Gasteiger partial charge is 0.427 e. The number of aromatic nitrogens is 2. The summed E-state index contributed by atoms with van der Waals surface area (Å²) in [4.78, 5) is 29.2. The van der Waals surface area contributed by atoms with Gasteiger partial charge in [0.2, 0.25) is 0 Å². The highest BCUT2D eigenvalue weighted by Gasteiger charge is 2.25. The third-order valence-electron chi connectivity index (χ3n) is 4.98. The summed E-state index contributed by atoms with van der Waals surface area (Å²) in [6.45, 7) is 2.20. The second-order valence-electron chi connectivity index (χ2n) is 6.83. The molecule has 134 valence electrons. The number of rotatable bonds is 5. The number of aryl methyl sites for hydroxylation is 1. The Morgan fingerprint density at radius 1 is 1.38 bits per heavy atom. The molecule has 1 aliphatic carbocycles. The molecule has 0 saturated heterocycles. The summed E-state index contributed by atoms with van der Waals surface area (Å²) in [6, 6.07) is 7.64. The summed E-state index contributed by atoms with van der Waals surface area (Å²) in [5.41, 5.74) is 1.99. The molecule has 3 aromatic heterocycles. The molecule has 0 aromatic carbocycles. The first-order valence-corrected chi connectivity index (χ1v) is 8.97. The molecular weight excluding hydrogens is 330 g/mol. The van der Waals surface area contributed by atoms with Gasteiger partial charge in [-0.15, -0.1) is 0 Å². The van der Waals surface area contributed by atoms with Gasteiger partial charge in [-0.3, -0.25) is 4.79 Å². The lowest BCUT2D eigenvalue weighted by atomic mass is 9.83. The van der Waals surface area contributed by atoms with Gasteiger partial charge in [-0.25, -0.2) is 9.78 Å². The first-order valence-electron chi connectivity index (χ1n) is 8.97. The molecule has 0 unspecified atom stereocenters. The van der Waals surface area contributed by atoms with Crippen molar-refractivity contribution in [2.45, 2.75) is 38.5 Å². The number of fused-ring (bicyclic) bond motifs is 1. The highest BCUT2D eigenvalue weighted by Crippen LogP contribution is 2.36. The van der Waals surface area contributed by atoms with Gasteiger partial charge in [0.1, 0.15) is 17.0 Å². The van der Waals surface area contributed by atoms with Crippen molar-refractivity contribution in [2.75, 3.05) is 6.54 Å². The van der Waals surface area contributed by atoms with E-state index < -0.39 is 5.63 Å². The fourth-order valence-corrected chi connectivity index (χ4v) is 3.30. The van der Waals surface area contributed by atoms with E-state index in [9.17, 15) is 9.59 Å². The minimum atomic E-state index is -0.544. The normalized spacial score (nSPS) is 14.3. The van der Waals surface area contributed by atoms with Crippen LogP contribution in [0.1, 0.15) is 52.6 Å². The van der Waals surface area contributed by atoms with E-state index in [2.05, 4.69) is 10.3 Å². The van der Waals surface area contributed by atoms with Crippen molar-refractivity contribution in [1.82, 2.24) is 14.7 Å². The van der Waals surface area contributed by atoms with Crippen molar-refractivity contribution < 1.29 is 9.21 Å². The molecule has 0 spiro atoms. The summed E-state index contributed by atoms with van der Waals surface area (Å²) in [5, 5.41) is 2.80. The van der Waals surface area contributed by atoms with E-state index in [1.807, 2.05) is 41.1 Å². The second-order valence-corrected chi connectivity index (χ2v) is 6.83. The van der Waals surface area contributed by atoms with Gasteiger partial charge >= 0.3 is 5.63 Å². The van der Waals surface area contributed by atoms with Crippen LogP contribution in [0.5, 0.6) is 0 Å². The van der Waals surface area contributed by atoms with Crippen LogP contribution in [0.25, 0.3) is 5.65 Å². The Balaban J connectivity index is 1.42. The summed E-state index contributed by atoms with van der Waals surface area (Å²) in [6.07, 6.45) is 7.73. The highest BCUT2D eigenvalue weighted by molar-refractivity contribution is 5.95. The zero-order valence-corrected chi connectivity index (χ0v) is 14.7. The fraction of sp³-hybridized carbons (Fsp3) is 0.350. The third kappa shape index (κ3) is 3.14. The average Bonchev–Trinajstić information content (AvgIpc) is 2.95. The van der Waals surface area contributed by atoms with E-state index in [1.165, 1.54) is 6.42 Å². The number of nitrogens with zero attached hydrogens (tertiary/aromatic N) is 2. The molecule has 6 nitrogen and oxygen atoms in total. The van der Waals surface area contributed by atoms with Gasteiger partial charge in [0.05, 0.1) is 5.69 Å². The van der Waals surface area contributed by atoms with Crippen molar-refractivity contribution in [3.8, 4) is 0 Å². The monoisotopic (exact) mass is 351 g/mol. The van der Waals surface area contributed by atoms with Crippen molar-refractivity contribution in [1.29, 1.82) is 0 Å². The van der Waals surface area contributed by atoms with Crippen LogP contribution in [-0.2, 0) is 6.42 Å². The summed E-state index contributed by atoms with van der Waals surface area (Å²) >= 11 is 0. The number of carbonyl (C=O) groups is 1. The van der Waals surface area contributed by atoms with Crippen LogP contribution in [0.4, 0.5) is 0 Å². The smallest absolute Gasteiger partial charge is 0.349 e. The molecule has 1 amide bonds. The molecule has 6 heteroatoms. The first-order chi connectivity index (χ1) is 12.6. The van der Waals surface area contributed by atoms with Gasteiger partial charge in [-0.2, -0.15) is 0 Å². The summed E-state index contributed by atoms with van der Waals surface area (Å²) < 4.78 is 7.33. The van der Waals surface area contributed by atoms with E-state index in [0.717, 1.165) is 24.2 Å². The number of imidazole rings is 1. The number of hydrogen-bond acceptors (Lipinski definition) is 4. The Kier molecular flexibility index (Phi) is 4.32. The van der Waals surface area contributed by atoms with Gasteiger partial charge in [0, 0.05) is 31.3 Å². The SMILES string of the molecule is Cc1cc(C2CCC2)oc(=O)c1C(=O)NCCc1cn2ccccc2n1. The minimum absolute atomic E-state index is 0.100. The first kappa shape index (κ1) is 16.6. The quantitative estimate of drug-likeness (QED) is 0.767. The zero-order chi connectivity index (χ0) is 18.1. The van der Waals surface area contributed by atoms with Gasteiger partial charge in [-0.05, 0) is 43.5 Å². The predicted octanol–water partition coefficient (Wildman–Crippen LogP) is 2.84. The minimum Gasteiger partial charge on any atom is -0.427 e. The molecule has 1 N–H and O–H groups in total. The van der Waals surface area contributed by atoms with Crippen molar-refractivity contribution >= 4 is 11.6 Å². The number of hydrogen-bond donors (Lipinski definition) is 1. The molecule has 0 bridgehead atoms. The van der Waals surface area contributed by atoms with Gasteiger partial charge in [0.25, 0.3) is 5.91 Å². The van der Waals surface area contributed by atoms with Crippen molar-refractivity contribution in [3.05, 3.63) is 69.7 Å². The van der Waals surface area contributed by atoms with E-state index in [0.29, 0.717) is 30.2 Å². The lowest BCUT2D eigenvalue weighted by Crippen LogP contribution is -2.31. The van der Waals surface area contributed by atoms with Gasteiger partial charge < -0.3 is 14.1 Å². The van der Waals surface area contributed by atoms with Crippen LogP contribution in [0, 0.1) is 6.92 Å². The average molecular weight is 351 g/mol. The number of pyridine rings is 1. The lowest BCUT2D eigenvalue weighted by molar-refractivity contribution is 0.0948. The van der Waals surface area contributed by atoms with E-state index in [4.69, 9.17) is 4.42 Å². The fourth-order valence-electron chi connectivity index (χ4n) is 3.30. The Morgan fingerprint density at radius 2 is 2.23 bits per heavy atom. The zero-order valence-electron chi connectivity index (χ0n) is 14.7. The molecule has 3 aromatic rings. The maximum atomic E-state index is 12.4. The number of nitrogens with one attached hydrogen (secondary N) is 1. The van der Waals surface area contributed by atoms with Crippen LogP contribution in [0.3, 0.4) is 0 Å². The Morgan fingerprint density at radius 3 is 2.92 bits per heavy atom. The highest BCUT2D eigenvalue weighted by atomic mass is 16.4. The Hall–Kier alpha value is -2.89. The van der Waals surface area contributed by atoms with Gasteiger partial charge in [-0.1, -0.05) is 12.5 Å². The maximum Gasteiger partial charge on any atom is 0.349 e. The number of amides is 1. The van der Waals surface area contributed by atoms with Crippen LogP contribution in [-0.4, -0.2) is 21.8 Å². The molecule has 0 aliphatic heterocycles. The third-order valence-corrected chi connectivity index (χ3v) is 4.98. The van der Waals surface area contributed by atoms with Gasteiger partial charge in [0.15, 0.2) is 0 Å². The van der Waals surface area contributed by atoms with Crippen LogP contribution in [0.15, 0.2) is 45.9 Å². The molecule has 0 atom stereocenters. The molecule has 1 aliphatic rings. The standard InChI is InChI=1S/C20H21N3O3/c1-13-11-16(14-5-4-6-14)26-20(25)18(13)19(24)21-9-8-15-12-23-10-3-2-7-17(23)22-15/h2-3,7,10-12,14H,4-6,8-9H2,1H3,(H,21,24). The van der Waals surface area contributed by atoms with Crippen LogP contribution in [0.2, 0.25) is 0 Å². The molecule has 26 heavy (non-hydrogen) atoms. The molecule has 4 rings (SSSR count). The molecule has 3 heterocycles. The van der Waals surface area contributed by atoms with Crippen LogP contribution < -0.4 is 10.9 Å². The topological polar surface area (TPSA) is 76.6 Å². The molecular formula is C20H21N3O3.